The molecule has 6 heteroatoms. The Kier molecular flexibility index (Phi) is 3.24. The van der Waals surface area contributed by atoms with E-state index in [1.54, 1.807) is 12.1 Å². The second-order valence-electron chi connectivity index (χ2n) is 5.28. The van der Waals surface area contributed by atoms with Crippen molar-refractivity contribution in [2.45, 2.75) is 36.3 Å². The Morgan fingerprint density at radius 3 is 2.42 bits per heavy atom. The van der Waals surface area contributed by atoms with Gasteiger partial charge in [-0.2, -0.15) is 0 Å². The van der Waals surface area contributed by atoms with Gasteiger partial charge in [-0.05, 0) is 49.4 Å². The summed E-state index contributed by atoms with van der Waals surface area (Å²) in [4.78, 5) is 0.138. The first kappa shape index (κ1) is 12.9. The number of anilines is 1. The van der Waals surface area contributed by atoms with E-state index in [4.69, 9.17) is 9.88 Å². The summed E-state index contributed by atoms with van der Waals surface area (Å²) in [5.41, 5.74) is 0.911. The molecule has 2 unspecified atom stereocenters. The molecular weight excluding hydrogens is 264 g/mol. The first-order valence-corrected chi connectivity index (χ1v) is 8.10. The maximum absolute atomic E-state index is 11.2. The van der Waals surface area contributed by atoms with Crippen molar-refractivity contribution in [2.24, 2.45) is 11.1 Å². The number of hydrogen-bond acceptors (Lipinski definition) is 4. The summed E-state index contributed by atoms with van der Waals surface area (Å²) in [6.45, 7) is 0.800. The molecule has 2 aliphatic rings. The van der Waals surface area contributed by atoms with Crippen LogP contribution in [0.1, 0.15) is 19.3 Å². The molecule has 1 aromatic carbocycles. The van der Waals surface area contributed by atoms with Crippen molar-refractivity contribution in [1.29, 1.82) is 0 Å². The van der Waals surface area contributed by atoms with Crippen LogP contribution in [0.5, 0.6) is 0 Å². The van der Waals surface area contributed by atoms with Crippen LogP contribution in [0.2, 0.25) is 0 Å². The van der Waals surface area contributed by atoms with Gasteiger partial charge in [-0.25, -0.2) is 13.6 Å². The molecule has 1 saturated carbocycles. The zero-order valence-corrected chi connectivity index (χ0v) is 11.4. The van der Waals surface area contributed by atoms with Gasteiger partial charge in [0.2, 0.25) is 10.0 Å². The second kappa shape index (κ2) is 4.77. The average molecular weight is 282 g/mol. The molecule has 2 fully saturated rings. The number of rotatable bonds is 4. The Morgan fingerprint density at radius 1 is 1.16 bits per heavy atom. The fraction of sp³-hybridized carbons (Fsp3) is 0.538. The lowest BCUT2D eigenvalue weighted by Gasteiger charge is -2.20. The van der Waals surface area contributed by atoms with Crippen LogP contribution in [0.4, 0.5) is 5.69 Å². The van der Waals surface area contributed by atoms with Crippen LogP contribution in [0, 0.1) is 5.92 Å². The largest absolute Gasteiger partial charge is 0.380 e. The third-order valence-electron chi connectivity index (χ3n) is 3.76. The third kappa shape index (κ3) is 2.91. The molecule has 1 aliphatic heterocycles. The van der Waals surface area contributed by atoms with Crippen LogP contribution in [-0.4, -0.2) is 27.2 Å². The summed E-state index contributed by atoms with van der Waals surface area (Å²) in [6, 6.07) is 6.89. The Balaban J connectivity index is 1.69. The van der Waals surface area contributed by atoms with E-state index in [9.17, 15) is 8.42 Å². The molecule has 1 heterocycles. The molecule has 0 spiro atoms. The fourth-order valence-electron chi connectivity index (χ4n) is 2.61. The predicted molar refractivity (Wildman–Crippen MR) is 72.3 cm³/mol. The maximum Gasteiger partial charge on any atom is 0.238 e. The van der Waals surface area contributed by atoms with E-state index < -0.39 is 10.0 Å². The van der Waals surface area contributed by atoms with Gasteiger partial charge in [0.1, 0.15) is 0 Å². The quantitative estimate of drug-likeness (QED) is 0.872. The van der Waals surface area contributed by atoms with E-state index in [2.05, 4.69) is 5.32 Å². The zero-order chi connectivity index (χ0) is 13.5. The van der Waals surface area contributed by atoms with E-state index in [1.165, 1.54) is 25.0 Å². The highest BCUT2D eigenvalue weighted by Crippen LogP contribution is 2.39. The van der Waals surface area contributed by atoms with Gasteiger partial charge in [0.25, 0.3) is 0 Å². The van der Waals surface area contributed by atoms with Crippen molar-refractivity contribution in [3.8, 4) is 0 Å². The van der Waals surface area contributed by atoms with Crippen molar-refractivity contribution < 1.29 is 13.2 Å². The van der Waals surface area contributed by atoms with Crippen LogP contribution in [0.15, 0.2) is 29.2 Å². The van der Waals surface area contributed by atoms with E-state index in [0.717, 1.165) is 18.7 Å². The minimum absolute atomic E-state index is 0.138. The zero-order valence-electron chi connectivity index (χ0n) is 10.6. The highest BCUT2D eigenvalue weighted by atomic mass is 32.2. The fourth-order valence-corrected chi connectivity index (χ4v) is 3.13. The van der Waals surface area contributed by atoms with Gasteiger partial charge in [0.05, 0.1) is 17.0 Å². The Labute approximate surface area is 113 Å². The summed E-state index contributed by atoms with van der Waals surface area (Å²) in [7, 11) is -3.61. The minimum atomic E-state index is -3.61. The number of nitrogens with two attached hydrogens (primary N) is 1. The molecule has 3 N–H and O–H groups in total. The topological polar surface area (TPSA) is 81.4 Å². The summed E-state index contributed by atoms with van der Waals surface area (Å²) in [5.74, 6) is 0.698. The third-order valence-corrected chi connectivity index (χ3v) is 4.69. The summed E-state index contributed by atoms with van der Waals surface area (Å²) in [6.07, 6.45) is 3.82. The molecule has 19 heavy (non-hydrogen) atoms. The molecule has 1 saturated heterocycles. The number of benzene rings is 1. The minimum Gasteiger partial charge on any atom is -0.380 e. The standard InChI is InChI=1S/C13H18N2O3S/c14-19(16,17)11-5-3-10(4-6-11)15-12-7-8-18-13(12)9-1-2-9/h3-6,9,12-13,15H,1-2,7-8H2,(H2,14,16,17). The molecule has 0 amide bonds. The van der Waals surface area contributed by atoms with Gasteiger partial charge in [-0.1, -0.05) is 0 Å². The molecule has 0 radical (unpaired) electrons. The number of nitrogens with one attached hydrogen (secondary N) is 1. The van der Waals surface area contributed by atoms with Crippen molar-refractivity contribution in [3.63, 3.8) is 0 Å². The highest BCUT2D eigenvalue weighted by molar-refractivity contribution is 7.89. The monoisotopic (exact) mass is 282 g/mol. The van der Waals surface area contributed by atoms with Crippen molar-refractivity contribution in [3.05, 3.63) is 24.3 Å². The smallest absolute Gasteiger partial charge is 0.238 e. The second-order valence-corrected chi connectivity index (χ2v) is 6.84. The molecule has 1 aromatic rings. The molecule has 1 aliphatic carbocycles. The molecule has 5 nitrogen and oxygen atoms in total. The number of primary sulfonamides is 1. The Hall–Kier alpha value is -1.11. The lowest BCUT2D eigenvalue weighted by Crippen LogP contribution is -2.30. The average Bonchev–Trinajstić information content (AvgIpc) is 3.10. The van der Waals surface area contributed by atoms with E-state index in [-0.39, 0.29) is 4.90 Å². The van der Waals surface area contributed by atoms with Crippen LogP contribution >= 0.6 is 0 Å². The van der Waals surface area contributed by atoms with E-state index >= 15 is 0 Å². The molecule has 2 atom stereocenters. The molecule has 0 bridgehead atoms. The number of hydrogen-bond donors (Lipinski definition) is 2. The summed E-state index contributed by atoms with van der Waals surface area (Å²) in [5, 5.41) is 8.50. The molecule has 0 aromatic heterocycles. The Bertz CT molecular complexity index is 552. The van der Waals surface area contributed by atoms with Crippen LogP contribution < -0.4 is 10.5 Å². The number of ether oxygens (including phenoxy) is 1. The Morgan fingerprint density at radius 2 is 1.84 bits per heavy atom. The van der Waals surface area contributed by atoms with E-state index in [1.807, 2.05) is 0 Å². The lowest BCUT2D eigenvalue weighted by molar-refractivity contribution is 0.0898. The lowest BCUT2D eigenvalue weighted by atomic mass is 10.1. The maximum atomic E-state index is 11.2. The van der Waals surface area contributed by atoms with Gasteiger partial charge in [-0.3, -0.25) is 0 Å². The van der Waals surface area contributed by atoms with Crippen molar-refractivity contribution >= 4 is 15.7 Å². The first-order valence-electron chi connectivity index (χ1n) is 6.55. The highest BCUT2D eigenvalue weighted by Gasteiger charge is 2.40. The summed E-state index contributed by atoms with van der Waals surface area (Å²) >= 11 is 0. The van der Waals surface area contributed by atoms with Crippen LogP contribution in [0.3, 0.4) is 0 Å². The SMILES string of the molecule is NS(=O)(=O)c1ccc(NC2CCOC2C2CC2)cc1. The molecular formula is C13H18N2O3S. The number of sulfonamides is 1. The molecule has 3 rings (SSSR count). The predicted octanol–water partition coefficient (Wildman–Crippen LogP) is 1.31. The van der Waals surface area contributed by atoms with Crippen molar-refractivity contribution in [1.82, 2.24) is 0 Å². The normalized spacial score (nSPS) is 27.4. The van der Waals surface area contributed by atoms with Gasteiger partial charge in [-0.15, -0.1) is 0 Å². The van der Waals surface area contributed by atoms with Gasteiger partial charge < -0.3 is 10.1 Å². The molecule has 104 valence electrons. The van der Waals surface area contributed by atoms with Crippen LogP contribution in [-0.2, 0) is 14.8 Å². The van der Waals surface area contributed by atoms with E-state index in [0.29, 0.717) is 18.1 Å². The van der Waals surface area contributed by atoms with Crippen molar-refractivity contribution in [2.75, 3.05) is 11.9 Å². The van der Waals surface area contributed by atoms with Crippen LogP contribution in [0.25, 0.3) is 0 Å². The van der Waals surface area contributed by atoms with Gasteiger partial charge in [0, 0.05) is 12.3 Å². The van der Waals surface area contributed by atoms with Gasteiger partial charge >= 0.3 is 0 Å². The van der Waals surface area contributed by atoms with Gasteiger partial charge in [0.15, 0.2) is 0 Å². The summed E-state index contributed by atoms with van der Waals surface area (Å²) < 4.78 is 28.1. The first-order chi connectivity index (χ1) is 9.04.